The minimum atomic E-state index is -1.45. The van der Waals surface area contributed by atoms with Gasteiger partial charge in [0.2, 0.25) is 0 Å². The van der Waals surface area contributed by atoms with Crippen LogP contribution in [0.4, 0.5) is 4.79 Å². The van der Waals surface area contributed by atoms with Crippen molar-refractivity contribution in [3.63, 3.8) is 0 Å². The molecule has 0 aliphatic heterocycles. The summed E-state index contributed by atoms with van der Waals surface area (Å²) in [4.78, 5) is 39.1. The lowest BCUT2D eigenvalue weighted by Gasteiger charge is -2.32. The molecule has 1 aliphatic rings. The predicted molar refractivity (Wildman–Crippen MR) is 169 cm³/mol. The molecule has 4 aromatic rings. The average molecular weight is 609 g/mol. The van der Waals surface area contributed by atoms with Gasteiger partial charge in [-0.25, -0.2) is 20.0 Å². The number of aryl methyl sites for hydroxylation is 1. The first-order chi connectivity index (χ1) is 21.8. The van der Waals surface area contributed by atoms with Crippen LogP contribution in [0.25, 0.3) is 11.1 Å². The Balaban J connectivity index is 1.44. The van der Waals surface area contributed by atoms with E-state index in [9.17, 15) is 24.6 Å². The van der Waals surface area contributed by atoms with Crippen molar-refractivity contribution in [2.75, 3.05) is 13.7 Å². The highest BCUT2D eigenvalue weighted by Crippen LogP contribution is 2.44. The molecule has 2 atom stereocenters. The van der Waals surface area contributed by atoms with Gasteiger partial charge < -0.3 is 19.7 Å². The number of carbonyl (C=O) groups is 3. The summed E-state index contributed by atoms with van der Waals surface area (Å²) in [5, 5.41) is 21.4. The van der Waals surface area contributed by atoms with Crippen molar-refractivity contribution in [2.24, 2.45) is 0 Å². The number of amides is 1. The first-order valence-corrected chi connectivity index (χ1v) is 14.9. The molecule has 0 aromatic heterocycles. The second-order valence-corrected chi connectivity index (χ2v) is 10.9. The number of hydrazine groups is 1. The maximum absolute atomic E-state index is 13.8. The Labute approximate surface area is 262 Å². The minimum absolute atomic E-state index is 0.00661. The number of carboxylic acid groups (broad SMARTS) is 2. The summed E-state index contributed by atoms with van der Waals surface area (Å²) >= 11 is 0. The molecule has 0 spiro atoms. The molecule has 0 radical (unpaired) electrons. The summed E-state index contributed by atoms with van der Waals surface area (Å²) in [5.74, 6) is -2.16. The molecule has 0 saturated heterocycles. The Hall–Kier alpha value is -5.15. The van der Waals surface area contributed by atoms with Crippen molar-refractivity contribution in [1.29, 1.82) is 0 Å². The van der Waals surface area contributed by atoms with E-state index in [0.717, 1.165) is 38.4 Å². The van der Waals surface area contributed by atoms with E-state index in [1.165, 1.54) is 0 Å². The molecule has 9 heteroatoms. The Morgan fingerprint density at radius 1 is 0.800 bits per heavy atom. The van der Waals surface area contributed by atoms with Crippen molar-refractivity contribution in [1.82, 2.24) is 10.4 Å². The van der Waals surface area contributed by atoms with Gasteiger partial charge in [0.1, 0.15) is 18.4 Å². The third-order valence-electron chi connectivity index (χ3n) is 8.21. The van der Waals surface area contributed by atoms with Crippen LogP contribution in [-0.2, 0) is 33.6 Å². The van der Waals surface area contributed by atoms with Gasteiger partial charge in [0.15, 0.2) is 6.04 Å². The number of nitrogens with zero attached hydrogens (tertiary/aromatic N) is 1. The van der Waals surface area contributed by atoms with E-state index in [4.69, 9.17) is 9.47 Å². The van der Waals surface area contributed by atoms with Crippen molar-refractivity contribution in [2.45, 2.75) is 44.2 Å². The van der Waals surface area contributed by atoms with Gasteiger partial charge in [0.25, 0.3) is 0 Å². The van der Waals surface area contributed by atoms with Crippen LogP contribution in [0.2, 0.25) is 0 Å². The van der Waals surface area contributed by atoms with Gasteiger partial charge in [0, 0.05) is 18.8 Å². The van der Waals surface area contributed by atoms with Crippen LogP contribution < -0.4 is 10.2 Å². The molecule has 9 nitrogen and oxygen atoms in total. The first-order valence-electron chi connectivity index (χ1n) is 14.9. The van der Waals surface area contributed by atoms with Crippen LogP contribution in [0, 0.1) is 0 Å². The number of hydrogen-bond acceptors (Lipinski definition) is 6. The standard InChI is InChI=1S/C36H36N2O7/c1-3-24-20-26(44-2)18-17-25(24)21-32(34(39)40)37-38(33(35(41)42)19-23-11-5-4-6-12-23)36(43)45-22-31-29-15-9-7-13-27(29)28-14-8-10-16-30(28)31/h4-18,20,31-33,37H,3,19,21-22H2,1-2H3,(H,39,40)(H,41,42)/t32?,33-/m0/s1. The van der Waals surface area contributed by atoms with Crippen LogP contribution >= 0.6 is 0 Å². The zero-order valence-electron chi connectivity index (χ0n) is 25.2. The quantitative estimate of drug-likeness (QED) is 0.165. The third-order valence-corrected chi connectivity index (χ3v) is 8.21. The van der Waals surface area contributed by atoms with E-state index in [1.807, 2.05) is 67.6 Å². The van der Waals surface area contributed by atoms with E-state index in [2.05, 4.69) is 5.43 Å². The van der Waals surface area contributed by atoms with Crippen LogP contribution in [-0.4, -0.2) is 59.1 Å². The fourth-order valence-electron chi connectivity index (χ4n) is 5.89. The number of carbonyl (C=O) groups excluding carboxylic acids is 1. The molecule has 0 bridgehead atoms. The average Bonchev–Trinajstić information content (AvgIpc) is 3.38. The lowest BCUT2D eigenvalue weighted by Crippen LogP contribution is -2.59. The third kappa shape index (κ3) is 6.99. The highest BCUT2D eigenvalue weighted by atomic mass is 16.6. The summed E-state index contributed by atoms with van der Waals surface area (Å²) in [6.45, 7) is 1.89. The molecule has 232 valence electrons. The summed E-state index contributed by atoms with van der Waals surface area (Å²) < 4.78 is 11.1. The highest BCUT2D eigenvalue weighted by molar-refractivity contribution is 5.82. The van der Waals surface area contributed by atoms with Crippen LogP contribution in [0.5, 0.6) is 5.75 Å². The zero-order chi connectivity index (χ0) is 31.9. The molecule has 1 unspecified atom stereocenters. The van der Waals surface area contributed by atoms with E-state index in [0.29, 0.717) is 17.7 Å². The summed E-state index contributed by atoms with van der Waals surface area (Å²) in [6.07, 6.45) is -0.423. The van der Waals surface area contributed by atoms with Crippen molar-refractivity contribution in [3.05, 3.63) is 125 Å². The summed E-state index contributed by atoms with van der Waals surface area (Å²) in [6, 6.07) is 27.2. The maximum atomic E-state index is 13.8. The Morgan fingerprint density at radius 2 is 1.42 bits per heavy atom. The lowest BCUT2D eigenvalue weighted by molar-refractivity contribution is -0.148. The molecule has 4 aromatic carbocycles. The number of rotatable bonds is 13. The molecular weight excluding hydrogens is 572 g/mol. The fraction of sp³-hybridized carbons (Fsp3) is 0.250. The maximum Gasteiger partial charge on any atom is 0.425 e. The van der Waals surface area contributed by atoms with E-state index in [1.54, 1.807) is 43.5 Å². The van der Waals surface area contributed by atoms with Crippen LogP contribution in [0.15, 0.2) is 97.1 Å². The predicted octanol–water partition coefficient (Wildman–Crippen LogP) is 5.70. The van der Waals surface area contributed by atoms with Crippen molar-refractivity contribution in [3.8, 4) is 16.9 Å². The first kappa shape index (κ1) is 31.3. The van der Waals surface area contributed by atoms with E-state index >= 15 is 0 Å². The van der Waals surface area contributed by atoms with Gasteiger partial charge in [-0.2, -0.15) is 0 Å². The zero-order valence-corrected chi connectivity index (χ0v) is 25.2. The normalized spacial score (nSPS) is 13.3. The minimum Gasteiger partial charge on any atom is -0.497 e. The summed E-state index contributed by atoms with van der Waals surface area (Å²) in [5.41, 5.74) is 9.13. The summed E-state index contributed by atoms with van der Waals surface area (Å²) in [7, 11) is 1.56. The molecule has 45 heavy (non-hydrogen) atoms. The molecule has 0 heterocycles. The SMILES string of the molecule is CCc1cc(OC)ccc1CC(NN(C(=O)OCC1c2ccccc2-c2ccccc21)[C@@H](Cc1ccccc1)C(=O)O)C(=O)O. The number of methoxy groups -OCH3 is 1. The van der Waals surface area contributed by atoms with Crippen molar-refractivity contribution < 1.29 is 34.1 Å². The molecule has 0 fully saturated rings. The smallest absolute Gasteiger partial charge is 0.425 e. The second-order valence-electron chi connectivity index (χ2n) is 10.9. The number of hydrogen-bond donors (Lipinski definition) is 3. The largest absolute Gasteiger partial charge is 0.497 e. The van der Waals surface area contributed by atoms with Gasteiger partial charge in [-0.05, 0) is 57.5 Å². The molecule has 3 N–H and O–H groups in total. The topological polar surface area (TPSA) is 125 Å². The van der Waals surface area contributed by atoms with E-state index in [-0.39, 0.29) is 25.4 Å². The molecule has 1 aliphatic carbocycles. The van der Waals surface area contributed by atoms with Crippen molar-refractivity contribution >= 4 is 18.0 Å². The Kier molecular flexibility index (Phi) is 9.79. The monoisotopic (exact) mass is 608 g/mol. The van der Waals surface area contributed by atoms with Gasteiger partial charge >= 0.3 is 18.0 Å². The number of fused-ring (bicyclic) bond motifs is 3. The van der Waals surface area contributed by atoms with Gasteiger partial charge in [-0.1, -0.05) is 91.9 Å². The fourth-order valence-corrected chi connectivity index (χ4v) is 5.89. The second kappa shape index (κ2) is 14.1. The molecule has 5 rings (SSSR count). The van der Waals surface area contributed by atoms with E-state index < -0.39 is 30.1 Å². The molecule has 0 saturated carbocycles. The lowest BCUT2D eigenvalue weighted by atomic mass is 9.98. The van der Waals surface area contributed by atoms with Gasteiger partial charge in [-0.3, -0.25) is 4.79 Å². The number of nitrogens with one attached hydrogen (secondary N) is 1. The highest BCUT2D eigenvalue weighted by Gasteiger charge is 2.36. The number of ether oxygens (including phenoxy) is 2. The Morgan fingerprint density at radius 3 is 2.00 bits per heavy atom. The number of carboxylic acids is 2. The van der Waals surface area contributed by atoms with Gasteiger partial charge in [0.05, 0.1) is 7.11 Å². The van der Waals surface area contributed by atoms with Crippen LogP contribution in [0.3, 0.4) is 0 Å². The van der Waals surface area contributed by atoms with Gasteiger partial charge in [-0.15, -0.1) is 0 Å². The van der Waals surface area contributed by atoms with Crippen LogP contribution in [0.1, 0.15) is 40.7 Å². The molecular formula is C36H36N2O7. The number of aliphatic carboxylic acids is 2. The molecule has 1 amide bonds. The number of benzene rings is 4. The Bertz CT molecular complexity index is 1630.